The summed E-state index contributed by atoms with van der Waals surface area (Å²) in [7, 11) is 3.24. The smallest absolute Gasteiger partial charge is 0.122 e. The highest BCUT2D eigenvalue weighted by Gasteiger charge is 2.25. The summed E-state index contributed by atoms with van der Waals surface area (Å²) in [6, 6.07) is 5.59. The molecule has 0 radical (unpaired) electrons. The van der Waals surface area contributed by atoms with E-state index in [1.54, 1.807) is 14.2 Å². The Morgan fingerprint density at radius 1 is 1.24 bits per heavy atom. The molecule has 1 aromatic carbocycles. The summed E-state index contributed by atoms with van der Waals surface area (Å²) in [4.78, 5) is 0. The molecular weight excluding hydrogens is 236 g/mol. The van der Waals surface area contributed by atoms with Crippen LogP contribution >= 0.6 is 11.8 Å². The number of hydrogen-bond acceptors (Lipinski definition) is 4. The molecule has 94 valence electrons. The lowest BCUT2D eigenvalue weighted by Gasteiger charge is -2.18. The van der Waals surface area contributed by atoms with Crippen LogP contribution in [0.5, 0.6) is 11.5 Å². The van der Waals surface area contributed by atoms with Crippen LogP contribution in [0.3, 0.4) is 0 Å². The lowest BCUT2D eigenvalue weighted by atomic mass is 9.95. The van der Waals surface area contributed by atoms with Crippen molar-refractivity contribution in [3.8, 4) is 11.5 Å². The summed E-state index contributed by atoms with van der Waals surface area (Å²) in [6.45, 7) is 0. The first-order valence-electron chi connectivity index (χ1n) is 5.73. The Kier molecular flexibility index (Phi) is 4.18. The Hall–Kier alpha value is -0.870. The van der Waals surface area contributed by atoms with Crippen LogP contribution in [0, 0.1) is 5.92 Å². The van der Waals surface area contributed by atoms with Crippen LogP contribution in [0.15, 0.2) is 18.2 Å². The van der Waals surface area contributed by atoms with Gasteiger partial charge in [0, 0.05) is 6.07 Å². The van der Waals surface area contributed by atoms with Crippen molar-refractivity contribution >= 4 is 11.8 Å². The van der Waals surface area contributed by atoms with Crippen molar-refractivity contribution < 1.29 is 14.6 Å². The first-order chi connectivity index (χ1) is 8.24. The zero-order valence-corrected chi connectivity index (χ0v) is 11.0. The van der Waals surface area contributed by atoms with E-state index < -0.39 is 6.10 Å². The Bertz CT molecular complexity index is 353. The third-order valence-electron chi connectivity index (χ3n) is 3.13. The second kappa shape index (κ2) is 5.65. The van der Waals surface area contributed by atoms with Gasteiger partial charge in [-0.2, -0.15) is 11.8 Å². The quantitative estimate of drug-likeness (QED) is 0.896. The van der Waals surface area contributed by atoms with Crippen molar-refractivity contribution in [1.82, 2.24) is 0 Å². The fourth-order valence-electron chi connectivity index (χ4n) is 2.07. The van der Waals surface area contributed by atoms with E-state index in [9.17, 15) is 5.11 Å². The SMILES string of the molecule is COc1cc(OC)cc(C(O)C2CCSC2)c1. The monoisotopic (exact) mass is 254 g/mol. The van der Waals surface area contributed by atoms with E-state index in [1.165, 1.54) is 0 Å². The zero-order valence-electron chi connectivity index (χ0n) is 10.2. The van der Waals surface area contributed by atoms with Crippen molar-refractivity contribution in [3.05, 3.63) is 23.8 Å². The molecule has 0 bridgehead atoms. The molecular formula is C13H18O3S. The van der Waals surface area contributed by atoms with Gasteiger partial charge in [-0.3, -0.25) is 0 Å². The van der Waals surface area contributed by atoms with E-state index in [0.717, 1.165) is 35.0 Å². The van der Waals surface area contributed by atoms with Gasteiger partial charge in [0.2, 0.25) is 0 Å². The van der Waals surface area contributed by atoms with Crippen LogP contribution in [0.2, 0.25) is 0 Å². The number of methoxy groups -OCH3 is 2. The number of hydrogen-bond donors (Lipinski definition) is 1. The van der Waals surface area contributed by atoms with Gasteiger partial charge >= 0.3 is 0 Å². The normalized spacial score (nSPS) is 21.2. The average Bonchev–Trinajstić information content (AvgIpc) is 2.91. The molecule has 2 rings (SSSR count). The summed E-state index contributed by atoms with van der Waals surface area (Å²) >= 11 is 1.90. The Morgan fingerprint density at radius 2 is 1.88 bits per heavy atom. The third-order valence-corrected chi connectivity index (χ3v) is 4.31. The summed E-state index contributed by atoms with van der Waals surface area (Å²) in [5, 5.41) is 10.3. The van der Waals surface area contributed by atoms with Gasteiger partial charge in [0.25, 0.3) is 0 Å². The molecule has 0 aliphatic carbocycles. The van der Waals surface area contributed by atoms with Gasteiger partial charge in [-0.15, -0.1) is 0 Å². The van der Waals surface area contributed by atoms with E-state index in [1.807, 2.05) is 30.0 Å². The maximum atomic E-state index is 10.3. The fraction of sp³-hybridized carbons (Fsp3) is 0.538. The van der Waals surface area contributed by atoms with Crippen molar-refractivity contribution in [2.45, 2.75) is 12.5 Å². The highest BCUT2D eigenvalue weighted by atomic mass is 32.2. The number of benzene rings is 1. The molecule has 1 aromatic rings. The molecule has 1 fully saturated rings. The lowest BCUT2D eigenvalue weighted by Crippen LogP contribution is -2.12. The topological polar surface area (TPSA) is 38.7 Å². The minimum absolute atomic E-state index is 0.344. The van der Waals surface area contributed by atoms with Crippen LogP contribution in [-0.2, 0) is 0 Å². The Morgan fingerprint density at radius 3 is 2.35 bits per heavy atom. The Labute approximate surface area is 106 Å². The highest BCUT2D eigenvalue weighted by Crippen LogP contribution is 2.36. The molecule has 3 nitrogen and oxygen atoms in total. The maximum absolute atomic E-state index is 10.3. The molecule has 17 heavy (non-hydrogen) atoms. The maximum Gasteiger partial charge on any atom is 0.122 e. The molecule has 2 atom stereocenters. The molecule has 0 spiro atoms. The molecule has 1 saturated heterocycles. The molecule has 2 unspecified atom stereocenters. The van der Waals surface area contributed by atoms with Gasteiger partial charge in [0.15, 0.2) is 0 Å². The number of ether oxygens (including phenoxy) is 2. The standard InChI is InChI=1S/C13H18O3S/c1-15-11-5-10(6-12(7-11)16-2)13(14)9-3-4-17-8-9/h5-7,9,13-14H,3-4,8H2,1-2H3. The molecule has 0 amide bonds. The van der Waals surface area contributed by atoms with Crippen molar-refractivity contribution in [3.63, 3.8) is 0 Å². The van der Waals surface area contributed by atoms with Gasteiger partial charge in [0.05, 0.1) is 20.3 Å². The van der Waals surface area contributed by atoms with Crippen LogP contribution in [0.25, 0.3) is 0 Å². The molecule has 1 heterocycles. The number of aliphatic hydroxyl groups excluding tert-OH is 1. The number of aliphatic hydroxyl groups is 1. The molecule has 0 aromatic heterocycles. The fourth-order valence-corrected chi connectivity index (χ4v) is 3.36. The lowest BCUT2D eigenvalue weighted by molar-refractivity contribution is 0.121. The third kappa shape index (κ3) is 2.87. The summed E-state index contributed by atoms with van der Waals surface area (Å²) in [5.74, 6) is 3.97. The van der Waals surface area contributed by atoms with Crippen molar-refractivity contribution in [2.75, 3.05) is 25.7 Å². The van der Waals surface area contributed by atoms with Gasteiger partial charge in [-0.25, -0.2) is 0 Å². The number of thioether (sulfide) groups is 1. The predicted molar refractivity (Wildman–Crippen MR) is 69.9 cm³/mol. The number of rotatable bonds is 4. The molecule has 0 saturated carbocycles. The average molecular weight is 254 g/mol. The minimum Gasteiger partial charge on any atom is -0.497 e. The van der Waals surface area contributed by atoms with E-state index in [4.69, 9.17) is 9.47 Å². The second-order valence-electron chi connectivity index (χ2n) is 4.21. The Balaban J connectivity index is 2.23. The molecule has 1 aliphatic rings. The summed E-state index contributed by atoms with van der Waals surface area (Å²) < 4.78 is 10.4. The molecule has 1 N–H and O–H groups in total. The van der Waals surface area contributed by atoms with E-state index in [2.05, 4.69) is 0 Å². The molecule has 4 heteroatoms. The van der Waals surface area contributed by atoms with Crippen LogP contribution in [0.1, 0.15) is 18.1 Å². The van der Waals surface area contributed by atoms with Gasteiger partial charge in [-0.05, 0) is 41.5 Å². The van der Waals surface area contributed by atoms with Crippen LogP contribution in [-0.4, -0.2) is 30.8 Å². The highest BCUT2D eigenvalue weighted by molar-refractivity contribution is 7.99. The van der Waals surface area contributed by atoms with Crippen LogP contribution < -0.4 is 9.47 Å². The van der Waals surface area contributed by atoms with Gasteiger partial charge in [-0.1, -0.05) is 0 Å². The first kappa shape index (κ1) is 12.6. The van der Waals surface area contributed by atoms with E-state index in [0.29, 0.717) is 5.92 Å². The van der Waals surface area contributed by atoms with Gasteiger partial charge in [0.1, 0.15) is 11.5 Å². The predicted octanol–water partition coefficient (Wildman–Crippen LogP) is 2.49. The second-order valence-corrected chi connectivity index (χ2v) is 5.36. The van der Waals surface area contributed by atoms with Crippen molar-refractivity contribution in [2.24, 2.45) is 5.92 Å². The van der Waals surface area contributed by atoms with E-state index in [-0.39, 0.29) is 0 Å². The van der Waals surface area contributed by atoms with Gasteiger partial charge < -0.3 is 14.6 Å². The first-order valence-corrected chi connectivity index (χ1v) is 6.89. The molecule has 1 aliphatic heterocycles. The van der Waals surface area contributed by atoms with E-state index >= 15 is 0 Å². The van der Waals surface area contributed by atoms with Crippen molar-refractivity contribution in [1.29, 1.82) is 0 Å². The zero-order chi connectivity index (χ0) is 12.3. The minimum atomic E-state index is -0.422. The summed E-state index contributed by atoms with van der Waals surface area (Å²) in [5.41, 5.74) is 0.883. The summed E-state index contributed by atoms with van der Waals surface area (Å²) in [6.07, 6.45) is 0.653. The van der Waals surface area contributed by atoms with Crippen LogP contribution in [0.4, 0.5) is 0 Å². The largest absolute Gasteiger partial charge is 0.497 e.